The minimum Gasteiger partial charge on any atom is -0.480 e. The third-order valence-electron chi connectivity index (χ3n) is 2.71. The average Bonchev–Trinajstić information content (AvgIpc) is 2.34. The molecule has 1 aromatic rings. The zero-order chi connectivity index (χ0) is 15.4. The molecule has 8 heteroatoms. The van der Waals surface area contributed by atoms with Crippen LogP contribution in [-0.4, -0.2) is 39.2 Å². The quantitative estimate of drug-likeness (QED) is 0.531. The molecule has 0 heterocycles. The van der Waals surface area contributed by atoms with Crippen molar-refractivity contribution in [3.05, 3.63) is 39.4 Å². The minimum absolute atomic E-state index is 0.218. The van der Waals surface area contributed by atoms with Crippen molar-refractivity contribution in [1.29, 1.82) is 0 Å². The summed E-state index contributed by atoms with van der Waals surface area (Å²) in [6.07, 6.45) is -1.33. The summed E-state index contributed by atoms with van der Waals surface area (Å²) < 4.78 is 0. The predicted octanol–water partition coefficient (Wildman–Crippen LogP) is 0.467. The zero-order valence-electron chi connectivity index (χ0n) is 10.9. The highest BCUT2D eigenvalue weighted by Crippen LogP contribution is 2.21. The topological polar surface area (TPSA) is 130 Å². The van der Waals surface area contributed by atoms with Crippen molar-refractivity contribution < 1.29 is 24.7 Å². The lowest BCUT2D eigenvalue weighted by molar-refractivity contribution is -0.385. The second kappa shape index (κ2) is 6.11. The van der Waals surface area contributed by atoms with Gasteiger partial charge in [0.25, 0.3) is 11.6 Å². The molecule has 108 valence electrons. The Bertz CT molecular complexity index is 555. The number of carboxylic acids is 1. The number of benzene rings is 1. The average molecular weight is 282 g/mol. The molecular formula is C12H14N2O6. The molecule has 0 saturated heterocycles. The number of nitrogens with one attached hydrogen (secondary N) is 1. The summed E-state index contributed by atoms with van der Waals surface area (Å²) in [4.78, 5) is 33.1. The van der Waals surface area contributed by atoms with Crippen molar-refractivity contribution >= 4 is 17.6 Å². The van der Waals surface area contributed by atoms with Crippen molar-refractivity contribution in [1.82, 2.24) is 5.32 Å². The molecule has 0 fully saturated rings. The Morgan fingerprint density at radius 1 is 1.40 bits per heavy atom. The Balaban J connectivity index is 3.15. The van der Waals surface area contributed by atoms with Crippen molar-refractivity contribution in [2.75, 3.05) is 0 Å². The maximum atomic E-state index is 12.0. The normalized spacial score (nSPS) is 13.3. The highest BCUT2D eigenvalue weighted by Gasteiger charge is 2.29. The number of nitro benzene ring substituents is 1. The number of carboxylic acid groups (broad SMARTS) is 1. The number of carbonyl (C=O) groups excluding carboxylic acids is 1. The maximum absolute atomic E-state index is 12.0. The van der Waals surface area contributed by atoms with Gasteiger partial charge in [0.1, 0.15) is 5.56 Å². The molecule has 0 aliphatic heterocycles. The predicted molar refractivity (Wildman–Crippen MR) is 68.4 cm³/mol. The van der Waals surface area contributed by atoms with Crippen LogP contribution in [-0.2, 0) is 4.79 Å². The van der Waals surface area contributed by atoms with E-state index in [1.54, 1.807) is 0 Å². The minimum atomic E-state index is -1.54. The first kappa shape index (κ1) is 15.6. The molecule has 0 bridgehead atoms. The highest BCUT2D eigenvalue weighted by atomic mass is 16.6. The van der Waals surface area contributed by atoms with Crippen molar-refractivity contribution in [2.24, 2.45) is 0 Å². The lowest BCUT2D eigenvalue weighted by Gasteiger charge is -2.17. The fourth-order valence-electron chi connectivity index (χ4n) is 1.70. The lowest BCUT2D eigenvalue weighted by Crippen LogP contribution is -2.47. The van der Waals surface area contributed by atoms with E-state index in [-0.39, 0.29) is 5.56 Å². The summed E-state index contributed by atoms with van der Waals surface area (Å²) in [5.41, 5.74) is -0.298. The van der Waals surface area contributed by atoms with Crippen LogP contribution >= 0.6 is 0 Å². The van der Waals surface area contributed by atoms with E-state index in [4.69, 9.17) is 5.11 Å². The lowest BCUT2D eigenvalue weighted by atomic mass is 10.0. The fourth-order valence-corrected chi connectivity index (χ4v) is 1.70. The molecule has 2 atom stereocenters. The van der Waals surface area contributed by atoms with E-state index in [1.807, 2.05) is 0 Å². The summed E-state index contributed by atoms with van der Waals surface area (Å²) in [6, 6.07) is 2.54. The number of aliphatic carboxylic acids is 1. The van der Waals surface area contributed by atoms with Gasteiger partial charge in [0.15, 0.2) is 6.04 Å². The number of aryl methyl sites for hydroxylation is 1. The van der Waals surface area contributed by atoms with Crippen LogP contribution in [0.1, 0.15) is 22.8 Å². The fraction of sp³-hybridized carbons (Fsp3) is 0.333. The molecule has 1 rings (SSSR count). The zero-order valence-corrected chi connectivity index (χ0v) is 10.9. The molecule has 20 heavy (non-hydrogen) atoms. The Kier molecular flexibility index (Phi) is 4.76. The maximum Gasteiger partial charge on any atom is 0.328 e. The summed E-state index contributed by atoms with van der Waals surface area (Å²) in [7, 11) is 0. The number of nitro groups is 1. The molecular weight excluding hydrogens is 268 g/mol. The van der Waals surface area contributed by atoms with Crippen LogP contribution in [0.25, 0.3) is 0 Å². The van der Waals surface area contributed by atoms with Gasteiger partial charge in [-0.1, -0.05) is 12.1 Å². The van der Waals surface area contributed by atoms with Gasteiger partial charge in [-0.2, -0.15) is 0 Å². The molecule has 1 aromatic carbocycles. The van der Waals surface area contributed by atoms with Gasteiger partial charge in [-0.25, -0.2) is 4.79 Å². The SMILES string of the molecule is Cc1cccc([N+](=O)[O-])c1C(=O)NC(C(=O)O)C(C)O. The summed E-state index contributed by atoms with van der Waals surface area (Å²) in [5, 5.41) is 31.1. The Hall–Kier alpha value is -2.48. The van der Waals surface area contributed by atoms with Gasteiger partial charge < -0.3 is 15.5 Å². The Labute approximate surface area is 114 Å². The number of carbonyl (C=O) groups is 2. The standard InChI is InChI=1S/C12H14N2O6/c1-6-4-3-5-8(14(19)20)9(6)11(16)13-10(7(2)15)12(17)18/h3-5,7,10,15H,1-2H3,(H,13,16)(H,17,18). The second-order valence-electron chi connectivity index (χ2n) is 4.26. The van der Waals surface area contributed by atoms with Gasteiger partial charge in [-0.05, 0) is 19.4 Å². The first-order chi connectivity index (χ1) is 9.25. The summed E-state index contributed by atoms with van der Waals surface area (Å²) >= 11 is 0. The van der Waals surface area contributed by atoms with Crippen molar-refractivity contribution in [3.8, 4) is 0 Å². The van der Waals surface area contributed by atoms with Gasteiger partial charge in [-0.3, -0.25) is 14.9 Å². The number of amides is 1. The van der Waals surface area contributed by atoms with Crippen LogP contribution in [0.3, 0.4) is 0 Å². The van der Waals surface area contributed by atoms with Crippen molar-refractivity contribution in [3.63, 3.8) is 0 Å². The molecule has 3 N–H and O–H groups in total. The van der Waals surface area contributed by atoms with Crippen LogP contribution in [0.15, 0.2) is 18.2 Å². The molecule has 1 amide bonds. The monoisotopic (exact) mass is 282 g/mol. The van der Waals surface area contributed by atoms with E-state index < -0.39 is 34.6 Å². The summed E-state index contributed by atoms with van der Waals surface area (Å²) in [6.45, 7) is 2.70. The van der Waals surface area contributed by atoms with Gasteiger partial charge >= 0.3 is 5.97 Å². The van der Waals surface area contributed by atoms with Crippen LogP contribution in [0, 0.1) is 17.0 Å². The largest absolute Gasteiger partial charge is 0.480 e. The van der Waals surface area contributed by atoms with Gasteiger partial charge in [-0.15, -0.1) is 0 Å². The van der Waals surface area contributed by atoms with Crippen molar-refractivity contribution in [2.45, 2.75) is 26.0 Å². The van der Waals surface area contributed by atoms with E-state index in [9.17, 15) is 24.8 Å². The van der Waals surface area contributed by atoms with Gasteiger partial charge in [0.05, 0.1) is 11.0 Å². The summed E-state index contributed by atoms with van der Waals surface area (Å²) in [5.74, 6) is -2.34. The Morgan fingerprint density at radius 3 is 2.45 bits per heavy atom. The molecule has 2 unspecified atom stereocenters. The van der Waals surface area contributed by atoms with Crippen LogP contribution in [0.5, 0.6) is 0 Å². The first-order valence-corrected chi connectivity index (χ1v) is 5.71. The van der Waals surface area contributed by atoms with Gasteiger partial charge in [0.2, 0.25) is 0 Å². The number of aliphatic hydroxyl groups excluding tert-OH is 1. The molecule has 0 aliphatic rings. The van der Waals surface area contributed by atoms with E-state index in [0.29, 0.717) is 5.56 Å². The molecule has 0 radical (unpaired) electrons. The van der Waals surface area contributed by atoms with Crippen LogP contribution in [0.4, 0.5) is 5.69 Å². The molecule has 0 aromatic heterocycles. The Morgan fingerprint density at radius 2 is 2.00 bits per heavy atom. The first-order valence-electron chi connectivity index (χ1n) is 5.71. The van der Waals surface area contributed by atoms with E-state index in [1.165, 1.54) is 26.0 Å². The molecule has 0 aliphatic carbocycles. The number of aliphatic hydroxyl groups is 1. The number of hydrogen-bond acceptors (Lipinski definition) is 5. The smallest absolute Gasteiger partial charge is 0.328 e. The van der Waals surface area contributed by atoms with E-state index in [2.05, 4.69) is 5.32 Å². The van der Waals surface area contributed by atoms with E-state index in [0.717, 1.165) is 6.07 Å². The molecule has 8 nitrogen and oxygen atoms in total. The highest BCUT2D eigenvalue weighted by molar-refractivity contribution is 6.01. The number of rotatable bonds is 5. The van der Waals surface area contributed by atoms with E-state index >= 15 is 0 Å². The van der Waals surface area contributed by atoms with Crippen LogP contribution in [0.2, 0.25) is 0 Å². The molecule has 0 spiro atoms. The second-order valence-corrected chi connectivity index (χ2v) is 4.26. The molecule has 0 saturated carbocycles. The third-order valence-corrected chi connectivity index (χ3v) is 2.71. The number of nitrogens with zero attached hydrogens (tertiary/aromatic N) is 1. The van der Waals surface area contributed by atoms with Crippen LogP contribution < -0.4 is 5.32 Å². The van der Waals surface area contributed by atoms with Gasteiger partial charge in [0, 0.05) is 6.07 Å². The third kappa shape index (κ3) is 3.29. The number of hydrogen-bond donors (Lipinski definition) is 3.